The van der Waals surface area contributed by atoms with Gasteiger partial charge >= 0.3 is 0 Å². The molecule has 2 rings (SSSR count). The van der Waals surface area contributed by atoms with E-state index in [4.69, 9.17) is 5.73 Å². The van der Waals surface area contributed by atoms with Crippen LogP contribution in [0.1, 0.15) is 32.1 Å². The first-order chi connectivity index (χ1) is 9.72. The lowest BCUT2D eigenvalue weighted by molar-refractivity contribution is -0.135. The van der Waals surface area contributed by atoms with Crippen LogP contribution in [-0.4, -0.2) is 53.9 Å². The quantitative estimate of drug-likeness (QED) is 0.796. The lowest BCUT2D eigenvalue weighted by Crippen LogP contribution is -2.48. The lowest BCUT2D eigenvalue weighted by atomic mass is 9.96. The minimum atomic E-state index is -0.0622. The molecule has 20 heavy (non-hydrogen) atoms. The Morgan fingerprint density at radius 2 is 2.10 bits per heavy atom. The average Bonchev–Trinajstić information content (AvgIpc) is 2.52. The molecule has 2 saturated heterocycles. The molecular weight excluding hydrogens is 274 g/mol. The summed E-state index contributed by atoms with van der Waals surface area (Å²) < 4.78 is 0. The van der Waals surface area contributed by atoms with Gasteiger partial charge in [0.25, 0.3) is 0 Å². The Balaban J connectivity index is 1.85. The van der Waals surface area contributed by atoms with E-state index in [0.29, 0.717) is 19.6 Å². The maximum atomic E-state index is 12.5. The highest BCUT2D eigenvalue weighted by Gasteiger charge is 2.32. The van der Waals surface area contributed by atoms with Crippen molar-refractivity contribution in [2.24, 2.45) is 11.7 Å². The number of likely N-dealkylation sites (tertiary alicyclic amines) is 1. The number of nitrogens with two attached hydrogens (primary N) is 1. The number of carbonyl (C=O) groups excluding carboxylic acids is 2. The van der Waals surface area contributed by atoms with Gasteiger partial charge in [-0.1, -0.05) is 6.42 Å². The molecule has 2 aliphatic heterocycles. The summed E-state index contributed by atoms with van der Waals surface area (Å²) in [5, 5.41) is 2.95. The van der Waals surface area contributed by atoms with Crippen LogP contribution in [0.4, 0.5) is 0 Å². The topological polar surface area (TPSA) is 75.4 Å². The number of amides is 2. The number of nitrogens with one attached hydrogen (secondary N) is 1. The van der Waals surface area contributed by atoms with Crippen LogP contribution in [0.2, 0.25) is 0 Å². The van der Waals surface area contributed by atoms with Gasteiger partial charge in [0.1, 0.15) is 0 Å². The molecule has 0 saturated carbocycles. The Kier molecular flexibility index (Phi) is 6.16. The molecule has 0 aliphatic carbocycles. The number of thioether (sulfide) groups is 1. The Morgan fingerprint density at radius 1 is 1.25 bits per heavy atom. The van der Waals surface area contributed by atoms with Crippen LogP contribution >= 0.6 is 11.8 Å². The van der Waals surface area contributed by atoms with Gasteiger partial charge in [0, 0.05) is 26.2 Å². The molecule has 3 N–H and O–H groups in total. The van der Waals surface area contributed by atoms with Gasteiger partial charge in [-0.3, -0.25) is 9.59 Å². The van der Waals surface area contributed by atoms with Gasteiger partial charge in [-0.15, -0.1) is 11.8 Å². The zero-order valence-electron chi connectivity index (χ0n) is 12.0. The van der Waals surface area contributed by atoms with Crippen LogP contribution in [0, 0.1) is 5.92 Å². The summed E-state index contributed by atoms with van der Waals surface area (Å²) in [6.07, 6.45) is 5.15. The van der Waals surface area contributed by atoms with E-state index in [-0.39, 0.29) is 23.0 Å². The second-order valence-corrected chi connectivity index (χ2v) is 6.87. The minimum Gasteiger partial charge on any atom is -0.355 e. The fourth-order valence-electron chi connectivity index (χ4n) is 2.87. The average molecular weight is 299 g/mol. The summed E-state index contributed by atoms with van der Waals surface area (Å²) in [7, 11) is 0. The maximum absolute atomic E-state index is 12.5. The fourth-order valence-corrected chi connectivity index (χ4v) is 4.15. The minimum absolute atomic E-state index is 0.0456. The third-order valence-corrected chi connectivity index (χ3v) is 5.37. The van der Waals surface area contributed by atoms with E-state index in [9.17, 15) is 9.59 Å². The maximum Gasteiger partial charge on any atom is 0.235 e. The van der Waals surface area contributed by atoms with Crippen molar-refractivity contribution in [1.82, 2.24) is 10.2 Å². The number of carbonyl (C=O) groups is 2. The van der Waals surface area contributed by atoms with Gasteiger partial charge in [0.2, 0.25) is 11.8 Å². The number of rotatable bonds is 4. The van der Waals surface area contributed by atoms with Crippen molar-refractivity contribution >= 4 is 23.6 Å². The van der Waals surface area contributed by atoms with Crippen LogP contribution in [0.3, 0.4) is 0 Å². The van der Waals surface area contributed by atoms with Crippen molar-refractivity contribution < 1.29 is 9.59 Å². The number of piperidine rings is 1. The summed E-state index contributed by atoms with van der Waals surface area (Å²) in [6.45, 7) is 2.35. The highest BCUT2D eigenvalue weighted by Crippen LogP contribution is 2.28. The molecule has 0 aromatic rings. The third-order valence-electron chi connectivity index (χ3n) is 4.00. The van der Waals surface area contributed by atoms with Crippen LogP contribution in [0.5, 0.6) is 0 Å². The molecule has 6 heteroatoms. The Labute approximate surface area is 125 Å². The van der Waals surface area contributed by atoms with Crippen molar-refractivity contribution in [3.8, 4) is 0 Å². The molecule has 0 aromatic carbocycles. The predicted octanol–water partition coefficient (Wildman–Crippen LogP) is 0.586. The van der Waals surface area contributed by atoms with Gasteiger partial charge in [-0.05, 0) is 31.4 Å². The predicted molar refractivity (Wildman–Crippen MR) is 81.5 cm³/mol. The first kappa shape index (κ1) is 15.6. The standard InChI is InChI=1S/C14H25N3O2S/c15-6-7-16-13(18)11-4-3-8-17(10-11)14(19)12-5-1-2-9-20-12/h11-12H,1-10,15H2,(H,16,18). The molecule has 0 bridgehead atoms. The zero-order valence-corrected chi connectivity index (χ0v) is 12.8. The molecule has 2 unspecified atom stereocenters. The van der Waals surface area contributed by atoms with E-state index in [2.05, 4.69) is 5.32 Å². The van der Waals surface area contributed by atoms with Crippen LogP contribution in [0.15, 0.2) is 0 Å². The lowest BCUT2D eigenvalue weighted by Gasteiger charge is -2.35. The third kappa shape index (κ3) is 4.12. The van der Waals surface area contributed by atoms with Crippen LogP contribution in [-0.2, 0) is 9.59 Å². The number of hydrogen-bond acceptors (Lipinski definition) is 4. The van der Waals surface area contributed by atoms with Crippen LogP contribution in [0.25, 0.3) is 0 Å². The van der Waals surface area contributed by atoms with Crippen molar-refractivity contribution in [3.63, 3.8) is 0 Å². The van der Waals surface area contributed by atoms with E-state index in [1.165, 1.54) is 6.42 Å². The molecule has 0 aromatic heterocycles. The smallest absolute Gasteiger partial charge is 0.235 e. The summed E-state index contributed by atoms with van der Waals surface area (Å²) in [4.78, 5) is 26.4. The normalized spacial score (nSPS) is 27.1. The second-order valence-electron chi connectivity index (χ2n) is 5.56. The molecule has 114 valence electrons. The number of nitrogens with zero attached hydrogens (tertiary/aromatic N) is 1. The van der Waals surface area contributed by atoms with Crippen LogP contribution < -0.4 is 11.1 Å². The summed E-state index contributed by atoms with van der Waals surface area (Å²) in [6, 6.07) is 0. The Bertz CT molecular complexity index is 345. The van der Waals surface area contributed by atoms with E-state index in [0.717, 1.165) is 38.0 Å². The molecular formula is C14H25N3O2S. The highest BCUT2D eigenvalue weighted by atomic mass is 32.2. The number of hydrogen-bond donors (Lipinski definition) is 2. The zero-order chi connectivity index (χ0) is 14.4. The van der Waals surface area contributed by atoms with Crippen molar-refractivity contribution in [2.75, 3.05) is 31.9 Å². The second kappa shape index (κ2) is 7.88. The van der Waals surface area contributed by atoms with Gasteiger partial charge in [0.15, 0.2) is 0 Å². The van der Waals surface area contributed by atoms with Crippen molar-refractivity contribution in [2.45, 2.75) is 37.4 Å². The van der Waals surface area contributed by atoms with Gasteiger partial charge in [-0.2, -0.15) is 0 Å². The first-order valence-corrected chi connectivity index (χ1v) is 8.65. The Hall–Kier alpha value is -0.750. The molecule has 2 heterocycles. The van der Waals surface area contributed by atoms with E-state index >= 15 is 0 Å². The molecule has 2 atom stereocenters. The molecule has 2 amide bonds. The van der Waals surface area contributed by atoms with Crippen molar-refractivity contribution in [3.05, 3.63) is 0 Å². The Morgan fingerprint density at radius 3 is 2.80 bits per heavy atom. The fraction of sp³-hybridized carbons (Fsp3) is 0.857. The highest BCUT2D eigenvalue weighted by molar-refractivity contribution is 8.00. The summed E-state index contributed by atoms with van der Waals surface area (Å²) in [5.74, 6) is 1.31. The van der Waals surface area contributed by atoms with Crippen molar-refractivity contribution in [1.29, 1.82) is 0 Å². The molecule has 5 nitrogen and oxygen atoms in total. The van der Waals surface area contributed by atoms with E-state index in [1.54, 1.807) is 11.8 Å². The molecule has 2 aliphatic rings. The molecule has 2 fully saturated rings. The summed E-state index contributed by atoms with van der Waals surface area (Å²) >= 11 is 1.78. The first-order valence-electron chi connectivity index (χ1n) is 7.60. The van der Waals surface area contributed by atoms with Gasteiger partial charge < -0.3 is 16.0 Å². The van der Waals surface area contributed by atoms with E-state index < -0.39 is 0 Å². The monoisotopic (exact) mass is 299 g/mol. The molecule has 0 spiro atoms. The van der Waals surface area contributed by atoms with Gasteiger partial charge in [-0.25, -0.2) is 0 Å². The van der Waals surface area contributed by atoms with Gasteiger partial charge in [0.05, 0.1) is 11.2 Å². The SMILES string of the molecule is NCCNC(=O)C1CCCN(C(=O)C2CCCCS2)C1. The molecule has 0 radical (unpaired) electrons. The van der Waals surface area contributed by atoms with E-state index in [1.807, 2.05) is 4.90 Å². The summed E-state index contributed by atoms with van der Waals surface area (Å²) in [5.41, 5.74) is 5.40. The largest absolute Gasteiger partial charge is 0.355 e.